The molecule has 0 aromatic heterocycles. The zero-order valence-corrected chi connectivity index (χ0v) is 12.8. The molecular weight excluding hydrogens is 296 g/mol. The number of halogens is 1. The molecule has 116 valence electrons. The number of alkyl carbamates (subject to hydrolysis) is 1. The van der Waals surface area contributed by atoms with E-state index in [0.29, 0.717) is 29.4 Å². The zero-order valence-electron chi connectivity index (χ0n) is 12.1. The molecule has 1 atom stereocenters. The molecule has 0 spiro atoms. The minimum absolute atomic E-state index is 0.0562. The van der Waals surface area contributed by atoms with Gasteiger partial charge in [0.1, 0.15) is 0 Å². The maximum atomic E-state index is 11.2. The number of hydrogen-bond donors (Lipinski definition) is 2. The summed E-state index contributed by atoms with van der Waals surface area (Å²) in [7, 11) is 2.83. The summed E-state index contributed by atoms with van der Waals surface area (Å²) in [5.41, 5.74) is 0.707. The average Bonchev–Trinajstić information content (AvgIpc) is 2.89. The molecule has 6 nitrogen and oxygen atoms in total. The molecule has 1 aromatic rings. The number of phenolic OH excluding ortho intramolecular Hbond substituents is 1. The summed E-state index contributed by atoms with van der Waals surface area (Å²) in [5, 5.41) is 13.4. The molecule has 0 radical (unpaired) electrons. The number of likely N-dealkylation sites (tertiary alicyclic amines) is 1. The van der Waals surface area contributed by atoms with E-state index in [1.165, 1.54) is 14.2 Å². The van der Waals surface area contributed by atoms with Gasteiger partial charge in [-0.15, -0.1) is 0 Å². The van der Waals surface area contributed by atoms with Crippen LogP contribution in [0.5, 0.6) is 11.5 Å². The van der Waals surface area contributed by atoms with E-state index in [-0.39, 0.29) is 11.8 Å². The molecule has 0 saturated carbocycles. The fraction of sp³-hybridized carbons (Fsp3) is 0.500. The molecule has 1 saturated heterocycles. The number of rotatable bonds is 4. The third-order valence-electron chi connectivity index (χ3n) is 3.51. The molecule has 0 bridgehead atoms. The van der Waals surface area contributed by atoms with E-state index in [9.17, 15) is 9.90 Å². The Balaban J connectivity index is 2.00. The van der Waals surface area contributed by atoms with E-state index in [2.05, 4.69) is 15.0 Å². The van der Waals surface area contributed by atoms with Gasteiger partial charge >= 0.3 is 6.09 Å². The first-order chi connectivity index (χ1) is 10.0. The summed E-state index contributed by atoms with van der Waals surface area (Å²) < 4.78 is 9.68. The first-order valence-corrected chi connectivity index (χ1v) is 7.03. The Hall–Kier alpha value is -1.66. The summed E-state index contributed by atoms with van der Waals surface area (Å²) in [6.07, 6.45) is 0.419. The van der Waals surface area contributed by atoms with Crippen molar-refractivity contribution in [3.8, 4) is 11.5 Å². The van der Waals surface area contributed by atoms with Crippen molar-refractivity contribution in [1.82, 2.24) is 10.2 Å². The van der Waals surface area contributed by atoms with Crippen LogP contribution in [0.2, 0.25) is 5.02 Å². The Morgan fingerprint density at radius 2 is 2.29 bits per heavy atom. The van der Waals surface area contributed by atoms with E-state index in [0.717, 1.165) is 13.0 Å². The lowest BCUT2D eigenvalue weighted by molar-refractivity contribution is 0.166. The molecule has 1 amide bonds. The van der Waals surface area contributed by atoms with E-state index in [1.807, 2.05) is 0 Å². The fourth-order valence-corrected chi connectivity index (χ4v) is 2.70. The summed E-state index contributed by atoms with van der Waals surface area (Å²) in [4.78, 5) is 13.3. The van der Waals surface area contributed by atoms with Gasteiger partial charge in [-0.1, -0.05) is 11.6 Å². The highest BCUT2D eigenvalue weighted by atomic mass is 35.5. The van der Waals surface area contributed by atoms with Gasteiger partial charge in [0.15, 0.2) is 11.5 Å². The van der Waals surface area contributed by atoms with Crippen LogP contribution in [0.1, 0.15) is 12.0 Å². The predicted octanol–water partition coefficient (Wildman–Crippen LogP) is 1.98. The molecule has 1 aliphatic heterocycles. The van der Waals surface area contributed by atoms with Crippen LogP contribution in [0, 0.1) is 0 Å². The van der Waals surface area contributed by atoms with Crippen LogP contribution in [-0.2, 0) is 11.3 Å². The van der Waals surface area contributed by atoms with Gasteiger partial charge in [0.2, 0.25) is 0 Å². The topological polar surface area (TPSA) is 71.0 Å². The van der Waals surface area contributed by atoms with Crippen molar-refractivity contribution in [2.45, 2.75) is 19.0 Å². The summed E-state index contributed by atoms with van der Waals surface area (Å²) in [5.74, 6) is 0.465. The SMILES string of the molecule is COC(=O)NC1CCN(Cc2cc(Cl)cc(OC)c2O)C1. The Kier molecular flexibility index (Phi) is 5.14. The van der Waals surface area contributed by atoms with Crippen molar-refractivity contribution in [2.24, 2.45) is 0 Å². The fourth-order valence-electron chi connectivity index (χ4n) is 2.47. The number of nitrogens with zero attached hydrogens (tertiary/aromatic N) is 1. The Bertz CT molecular complexity index is 524. The molecule has 1 heterocycles. The Morgan fingerprint density at radius 1 is 1.52 bits per heavy atom. The average molecular weight is 315 g/mol. The molecule has 2 rings (SSSR count). The number of aromatic hydroxyl groups is 1. The highest BCUT2D eigenvalue weighted by Crippen LogP contribution is 2.34. The monoisotopic (exact) mass is 314 g/mol. The van der Waals surface area contributed by atoms with Gasteiger partial charge in [-0.05, 0) is 12.5 Å². The minimum Gasteiger partial charge on any atom is -0.504 e. The van der Waals surface area contributed by atoms with Crippen molar-refractivity contribution in [1.29, 1.82) is 0 Å². The molecule has 1 unspecified atom stereocenters. The maximum absolute atomic E-state index is 11.2. The second-order valence-electron chi connectivity index (χ2n) is 4.97. The number of phenols is 1. The number of nitrogens with one attached hydrogen (secondary N) is 1. The van der Waals surface area contributed by atoms with Crippen molar-refractivity contribution >= 4 is 17.7 Å². The lowest BCUT2D eigenvalue weighted by Crippen LogP contribution is -2.36. The van der Waals surface area contributed by atoms with Crippen LogP contribution in [0.25, 0.3) is 0 Å². The smallest absolute Gasteiger partial charge is 0.407 e. The van der Waals surface area contributed by atoms with E-state index >= 15 is 0 Å². The number of amides is 1. The molecule has 2 N–H and O–H groups in total. The van der Waals surface area contributed by atoms with Crippen molar-refractivity contribution in [3.05, 3.63) is 22.7 Å². The van der Waals surface area contributed by atoms with Crippen LogP contribution in [-0.4, -0.2) is 49.5 Å². The number of methoxy groups -OCH3 is 2. The van der Waals surface area contributed by atoms with Crippen molar-refractivity contribution in [3.63, 3.8) is 0 Å². The zero-order chi connectivity index (χ0) is 15.4. The standard InChI is InChI=1S/C14H19ClN2O4/c1-20-12-6-10(15)5-9(13(12)18)7-17-4-3-11(8-17)16-14(19)21-2/h5-6,11,18H,3-4,7-8H2,1-2H3,(H,16,19). The summed E-state index contributed by atoms with van der Waals surface area (Å²) >= 11 is 6.02. The first-order valence-electron chi connectivity index (χ1n) is 6.65. The van der Waals surface area contributed by atoms with Crippen LogP contribution in [0.4, 0.5) is 4.79 Å². The van der Waals surface area contributed by atoms with Gasteiger partial charge < -0.3 is 19.9 Å². The van der Waals surface area contributed by atoms with Crippen LogP contribution in [0.15, 0.2) is 12.1 Å². The highest BCUT2D eigenvalue weighted by molar-refractivity contribution is 6.30. The van der Waals surface area contributed by atoms with E-state index in [1.54, 1.807) is 12.1 Å². The van der Waals surface area contributed by atoms with Crippen LogP contribution < -0.4 is 10.1 Å². The van der Waals surface area contributed by atoms with Gasteiger partial charge in [0, 0.05) is 42.3 Å². The third kappa shape index (κ3) is 3.92. The molecule has 7 heteroatoms. The molecule has 1 aliphatic rings. The second-order valence-corrected chi connectivity index (χ2v) is 5.41. The number of benzene rings is 1. The van der Waals surface area contributed by atoms with Crippen LogP contribution >= 0.6 is 11.6 Å². The number of hydrogen-bond acceptors (Lipinski definition) is 5. The first kappa shape index (κ1) is 15.7. The quantitative estimate of drug-likeness (QED) is 0.889. The van der Waals surface area contributed by atoms with Crippen molar-refractivity contribution in [2.75, 3.05) is 27.3 Å². The van der Waals surface area contributed by atoms with Gasteiger partial charge in [0.25, 0.3) is 0 Å². The molecular formula is C14H19ClN2O4. The lowest BCUT2D eigenvalue weighted by Gasteiger charge is -2.18. The Morgan fingerprint density at radius 3 is 2.95 bits per heavy atom. The number of carbonyl (C=O) groups excluding carboxylic acids is 1. The number of ether oxygens (including phenoxy) is 2. The predicted molar refractivity (Wildman–Crippen MR) is 78.9 cm³/mol. The molecule has 1 aromatic carbocycles. The number of carbonyl (C=O) groups is 1. The van der Waals surface area contributed by atoms with E-state index in [4.69, 9.17) is 16.3 Å². The largest absolute Gasteiger partial charge is 0.504 e. The second kappa shape index (κ2) is 6.87. The minimum atomic E-state index is -0.422. The molecule has 1 fully saturated rings. The maximum Gasteiger partial charge on any atom is 0.407 e. The van der Waals surface area contributed by atoms with Crippen LogP contribution in [0.3, 0.4) is 0 Å². The highest BCUT2D eigenvalue weighted by Gasteiger charge is 2.25. The van der Waals surface area contributed by atoms with Gasteiger partial charge in [-0.25, -0.2) is 4.79 Å². The lowest BCUT2D eigenvalue weighted by atomic mass is 10.1. The normalized spacial score (nSPS) is 18.5. The summed E-state index contributed by atoms with van der Waals surface area (Å²) in [6, 6.07) is 3.35. The molecule has 0 aliphatic carbocycles. The third-order valence-corrected chi connectivity index (χ3v) is 3.73. The van der Waals surface area contributed by atoms with Gasteiger partial charge in [-0.2, -0.15) is 0 Å². The van der Waals surface area contributed by atoms with Gasteiger partial charge in [0.05, 0.1) is 14.2 Å². The van der Waals surface area contributed by atoms with E-state index < -0.39 is 6.09 Å². The van der Waals surface area contributed by atoms with Crippen molar-refractivity contribution < 1.29 is 19.4 Å². The van der Waals surface area contributed by atoms with Gasteiger partial charge in [-0.3, -0.25) is 4.90 Å². The molecule has 21 heavy (non-hydrogen) atoms. The summed E-state index contributed by atoms with van der Waals surface area (Å²) in [6.45, 7) is 2.06. The Labute approximate surface area is 128 Å².